The van der Waals surface area contributed by atoms with Gasteiger partial charge in [0.05, 0.1) is 4.92 Å². The zero-order chi connectivity index (χ0) is 12.4. The molecule has 0 fully saturated rings. The number of hydrogen-bond donors (Lipinski definition) is 2. The second kappa shape index (κ2) is 4.13. The fraction of sp³-hybridized carbons (Fsp3) is 0. The van der Waals surface area contributed by atoms with E-state index in [0.29, 0.717) is 11.4 Å². The van der Waals surface area contributed by atoms with Crippen molar-refractivity contribution in [1.29, 1.82) is 0 Å². The van der Waals surface area contributed by atoms with Crippen LogP contribution in [-0.2, 0) is 0 Å². The molecule has 0 radical (unpaired) electrons. The summed E-state index contributed by atoms with van der Waals surface area (Å²) in [5, 5.41) is 10.6. The van der Waals surface area contributed by atoms with Crippen LogP contribution in [0, 0.1) is 10.1 Å². The van der Waals surface area contributed by atoms with Crippen LogP contribution in [0.3, 0.4) is 0 Å². The average Bonchev–Trinajstić information content (AvgIpc) is 2.30. The molecule has 0 aromatic heterocycles. The normalized spacial score (nSPS) is 10.1. The Morgan fingerprint density at radius 1 is 1.00 bits per heavy atom. The second-order valence-electron chi connectivity index (χ2n) is 3.65. The van der Waals surface area contributed by atoms with Gasteiger partial charge in [-0.3, -0.25) is 10.1 Å². The summed E-state index contributed by atoms with van der Waals surface area (Å²) in [4.78, 5) is 10.1. The van der Waals surface area contributed by atoms with E-state index < -0.39 is 4.92 Å². The van der Waals surface area contributed by atoms with Crippen molar-refractivity contribution in [2.75, 3.05) is 11.5 Å². The smallest absolute Gasteiger partial charge is 0.271 e. The first-order valence-electron chi connectivity index (χ1n) is 4.98. The number of rotatable bonds is 2. The van der Waals surface area contributed by atoms with Crippen LogP contribution < -0.4 is 11.5 Å². The topological polar surface area (TPSA) is 95.2 Å². The Balaban J connectivity index is 2.46. The molecule has 0 atom stereocenters. The quantitative estimate of drug-likeness (QED) is 0.469. The fourth-order valence-electron chi connectivity index (χ4n) is 1.59. The van der Waals surface area contributed by atoms with Crippen molar-refractivity contribution in [3.63, 3.8) is 0 Å². The number of nitrogens with zero attached hydrogens (tertiary/aromatic N) is 1. The molecule has 0 heterocycles. The molecule has 0 aliphatic carbocycles. The Labute approximate surface area is 97.8 Å². The summed E-state index contributed by atoms with van der Waals surface area (Å²) in [5.41, 5.74) is 14.0. The third-order valence-corrected chi connectivity index (χ3v) is 2.47. The summed E-state index contributed by atoms with van der Waals surface area (Å²) in [7, 11) is 0. The van der Waals surface area contributed by atoms with E-state index in [2.05, 4.69) is 0 Å². The molecule has 2 rings (SSSR count). The zero-order valence-electron chi connectivity index (χ0n) is 8.96. The van der Waals surface area contributed by atoms with E-state index in [1.165, 1.54) is 12.1 Å². The van der Waals surface area contributed by atoms with Gasteiger partial charge < -0.3 is 11.5 Å². The number of benzene rings is 2. The van der Waals surface area contributed by atoms with Gasteiger partial charge in [0.1, 0.15) is 0 Å². The molecule has 5 heteroatoms. The van der Waals surface area contributed by atoms with E-state index in [0.717, 1.165) is 11.1 Å². The summed E-state index contributed by atoms with van der Waals surface area (Å²) in [5.74, 6) is 0. The van der Waals surface area contributed by atoms with Crippen LogP contribution in [0.15, 0.2) is 42.5 Å². The predicted octanol–water partition coefficient (Wildman–Crippen LogP) is 2.43. The Hall–Kier alpha value is -2.56. The van der Waals surface area contributed by atoms with E-state index in [9.17, 15) is 10.1 Å². The van der Waals surface area contributed by atoms with E-state index in [4.69, 9.17) is 11.5 Å². The molecule has 0 saturated heterocycles. The molecule has 0 aliphatic rings. The molecule has 4 N–H and O–H groups in total. The summed E-state index contributed by atoms with van der Waals surface area (Å²) in [6, 6.07) is 11.6. The van der Waals surface area contributed by atoms with Crippen LogP contribution in [0.25, 0.3) is 11.1 Å². The molecule has 2 aromatic rings. The minimum atomic E-state index is -0.469. The van der Waals surface area contributed by atoms with E-state index >= 15 is 0 Å². The molecule has 0 saturated carbocycles. The largest absolute Gasteiger partial charge is 0.399 e. The van der Waals surface area contributed by atoms with Gasteiger partial charge in [0.15, 0.2) is 0 Å². The van der Waals surface area contributed by atoms with E-state index in [-0.39, 0.29) is 5.69 Å². The summed E-state index contributed by atoms with van der Waals surface area (Å²) in [6.07, 6.45) is 0. The molecular formula is C12H11N3O2. The molecule has 5 nitrogen and oxygen atoms in total. The predicted molar refractivity (Wildman–Crippen MR) is 67.4 cm³/mol. The van der Waals surface area contributed by atoms with Gasteiger partial charge >= 0.3 is 0 Å². The van der Waals surface area contributed by atoms with Gasteiger partial charge in [-0.05, 0) is 23.8 Å². The number of nitrogen functional groups attached to an aromatic ring is 2. The third kappa shape index (κ3) is 2.17. The number of anilines is 2. The van der Waals surface area contributed by atoms with Crippen LogP contribution in [0.4, 0.5) is 17.1 Å². The van der Waals surface area contributed by atoms with Crippen molar-refractivity contribution >= 4 is 17.1 Å². The number of nitro benzene ring substituents is 1. The maximum absolute atomic E-state index is 10.6. The van der Waals surface area contributed by atoms with Crippen molar-refractivity contribution < 1.29 is 4.92 Å². The standard InChI is InChI=1S/C12H11N3O2/c13-9-3-1-8(2-4-9)11-6-5-10(15(16)17)7-12(11)14/h1-7H,13-14H2. The lowest BCUT2D eigenvalue weighted by Gasteiger charge is -2.05. The Morgan fingerprint density at radius 2 is 1.65 bits per heavy atom. The van der Waals surface area contributed by atoms with Crippen LogP contribution in [0.1, 0.15) is 0 Å². The van der Waals surface area contributed by atoms with Crippen molar-refractivity contribution in [1.82, 2.24) is 0 Å². The number of hydrogen-bond acceptors (Lipinski definition) is 4. The van der Waals surface area contributed by atoms with Gasteiger partial charge in [-0.15, -0.1) is 0 Å². The Bertz CT molecular complexity index is 564. The Kier molecular flexibility index (Phi) is 2.66. The first-order chi connectivity index (χ1) is 8.08. The highest BCUT2D eigenvalue weighted by Crippen LogP contribution is 2.29. The van der Waals surface area contributed by atoms with Gasteiger partial charge in [-0.1, -0.05) is 12.1 Å². The first kappa shape index (κ1) is 10.9. The highest BCUT2D eigenvalue weighted by Gasteiger charge is 2.09. The third-order valence-electron chi connectivity index (χ3n) is 2.47. The molecule has 2 aromatic carbocycles. The molecule has 86 valence electrons. The molecule has 0 spiro atoms. The lowest BCUT2D eigenvalue weighted by Crippen LogP contribution is -1.94. The molecule has 0 amide bonds. The van der Waals surface area contributed by atoms with Crippen molar-refractivity contribution in [2.45, 2.75) is 0 Å². The summed E-state index contributed by atoms with van der Waals surface area (Å²) < 4.78 is 0. The van der Waals surface area contributed by atoms with E-state index in [1.807, 2.05) is 12.1 Å². The zero-order valence-corrected chi connectivity index (χ0v) is 8.96. The maximum atomic E-state index is 10.6. The van der Waals surface area contributed by atoms with Crippen molar-refractivity contribution in [3.8, 4) is 11.1 Å². The summed E-state index contributed by atoms with van der Waals surface area (Å²) in [6.45, 7) is 0. The van der Waals surface area contributed by atoms with Gasteiger partial charge in [-0.2, -0.15) is 0 Å². The minimum absolute atomic E-state index is 0.0123. The van der Waals surface area contributed by atoms with Crippen molar-refractivity contribution in [3.05, 3.63) is 52.6 Å². The molecule has 17 heavy (non-hydrogen) atoms. The summed E-state index contributed by atoms with van der Waals surface area (Å²) >= 11 is 0. The van der Waals surface area contributed by atoms with Gasteiger partial charge in [0, 0.05) is 29.1 Å². The molecule has 0 aliphatic heterocycles. The molecule has 0 bridgehead atoms. The Morgan fingerprint density at radius 3 is 2.18 bits per heavy atom. The average molecular weight is 229 g/mol. The highest BCUT2D eigenvalue weighted by atomic mass is 16.6. The molecular weight excluding hydrogens is 218 g/mol. The lowest BCUT2D eigenvalue weighted by atomic mass is 10.0. The molecule has 0 unspecified atom stereocenters. The maximum Gasteiger partial charge on any atom is 0.271 e. The van der Waals surface area contributed by atoms with E-state index in [1.54, 1.807) is 18.2 Å². The number of nitro groups is 1. The number of nitrogens with two attached hydrogens (primary N) is 2. The van der Waals surface area contributed by atoms with Gasteiger partial charge in [0.2, 0.25) is 0 Å². The minimum Gasteiger partial charge on any atom is -0.399 e. The van der Waals surface area contributed by atoms with Gasteiger partial charge in [-0.25, -0.2) is 0 Å². The lowest BCUT2D eigenvalue weighted by molar-refractivity contribution is -0.384. The van der Waals surface area contributed by atoms with Crippen LogP contribution >= 0.6 is 0 Å². The monoisotopic (exact) mass is 229 g/mol. The van der Waals surface area contributed by atoms with Crippen molar-refractivity contribution in [2.24, 2.45) is 0 Å². The fourth-order valence-corrected chi connectivity index (χ4v) is 1.59. The highest BCUT2D eigenvalue weighted by molar-refractivity contribution is 5.78. The van der Waals surface area contributed by atoms with Crippen LogP contribution in [0.5, 0.6) is 0 Å². The number of non-ortho nitro benzene ring substituents is 1. The van der Waals surface area contributed by atoms with Crippen LogP contribution in [-0.4, -0.2) is 4.92 Å². The second-order valence-corrected chi connectivity index (χ2v) is 3.65. The first-order valence-corrected chi connectivity index (χ1v) is 4.98. The van der Waals surface area contributed by atoms with Crippen LogP contribution in [0.2, 0.25) is 0 Å². The van der Waals surface area contributed by atoms with Gasteiger partial charge in [0.25, 0.3) is 5.69 Å². The SMILES string of the molecule is Nc1ccc(-c2ccc([N+](=O)[O-])cc2N)cc1.